The lowest BCUT2D eigenvalue weighted by atomic mass is 10.0. The molecule has 0 bridgehead atoms. The largest absolute Gasteiger partial charge is 0.309 e. The number of hydrogen-bond acceptors (Lipinski definition) is 2. The zero-order chi connectivity index (χ0) is 12.8. The Morgan fingerprint density at radius 1 is 1.29 bits per heavy atom. The van der Waals surface area contributed by atoms with E-state index in [4.69, 9.17) is 0 Å². The second-order valence-electron chi connectivity index (χ2n) is 5.12. The monoisotopic (exact) mass is 237 g/mol. The standard InChI is InChI=1S/C14H27N3/c1-6-12-10-14(17(5)16-12)13(15-7-2)9-8-11(3)4/h10-11,13,15H,6-9H2,1-5H3. The zero-order valence-electron chi connectivity index (χ0n) is 12.0. The summed E-state index contributed by atoms with van der Waals surface area (Å²) in [6.07, 6.45) is 3.45. The Bertz CT molecular complexity index is 328. The van der Waals surface area contributed by atoms with Gasteiger partial charge in [0.2, 0.25) is 0 Å². The minimum atomic E-state index is 0.445. The molecular formula is C14H27N3. The summed E-state index contributed by atoms with van der Waals surface area (Å²) in [5.74, 6) is 0.759. The molecule has 0 aromatic carbocycles. The number of aromatic nitrogens is 2. The lowest BCUT2D eigenvalue weighted by Gasteiger charge is -2.19. The van der Waals surface area contributed by atoms with Gasteiger partial charge in [0.25, 0.3) is 0 Å². The molecule has 0 amide bonds. The summed E-state index contributed by atoms with van der Waals surface area (Å²) in [5, 5.41) is 8.11. The van der Waals surface area contributed by atoms with Crippen molar-refractivity contribution in [1.82, 2.24) is 15.1 Å². The number of rotatable bonds is 7. The summed E-state index contributed by atoms with van der Waals surface area (Å²) >= 11 is 0. The molecule has 98 valence electrons. The van der Waals surface area contributed by atoms with Gasteiger partial charge in [-0.1, -0.05) is 27.7 Å². The molecular weight excluding hydrogens is 210 g/mol. The van der Waals surface area contributed by atoms with E-state index < -0.39 is 0 Å². The molecule has 1 atom stereocenters. The van der Waals surface area contributed by atoms with E-state index in [2.05, 4.69) is 44.2 Å². The van der Waals surface area contributed by atoms with Gasteiger partial charge in [0.05, 0.1) is 11.4 Å². The van der Waals surface area contributed by atoms with Gasteiger partial charge < -0.3 is 5.32 Å². The molecule has 0 aliphatic carbocycles. The molecule has 0 spiro atoms. The van der Waals surface area contributed by atoms with Crippen LogP contribution in [0, 0.1) is 5.92 Å². The molecule has 1 heterocycles. The van der Waals surface area contributed by atoms with Crippen molar-refractivity contribution < 1.29 is 0 Å². The maximum atomic E-state index is 4.54. The fourth-order valence-electron chi connectivity index (χ4n) is 2.14. The highest BCUT2D eigenvalue weighted by molar-refractivity contribution is 5.14. The first-order valence-electron chi connectivity index (χ1n) is 6.84. The van der Waals surface area contributed by atoms with E-state index in [0.29, 0.717) is 6.04 Å². The van der Waals surface area contributed by atoms with Crippen LogP contribution in [-0.2, 0) is 13.5 Å². The van der Waals surface area contributed by atoms with Gasteiger partial charge in [-0.3, -0.25) is 4.68 Å². The third-order valence-corrected chi connectivity index (χ3v) is 3.17. The number of nitrogens with one attached hydrogen (secondary N) is 1. The Morgan fingerprint density at radius 3 is 2.47 bits per heavy atom. The van der Waals surface area contributed by atoms with Crippen molar-refractivity contribution in [3.8, 4) is 0 Å². The summed E-state index contributed by atoms with van der Waals surface area (Å²) in [6.45, 7) is 9.89. The van der Waals surface area contributed by atoms with Gasteiger partial charge >= 0.3 is 0 Å². The summed E-state index contributed by atoms with van der Waals surface area (Å²) < 4.78 is 2.03. The van der Waals surface area contributed by atoms with Crippen LogP contribution in [0.1, 0.15) is 58.0 Å². The highest BCUT2D eigenvalue weighted by atomic mass is 15.3. The van der Waals surface area contributed by atoms with E-state index in [-0.39, 0.29) is 0 Å². The van der Waals surface area contributed by atoms with Gasteiger partial charge in [-0.05, 0) is 37.8 Å². The zero-order valence-corrected chi connectivity index (χ0v) is 12.0. The SMILES string of the molecule is CCNC(CCC(C)C)c1cc(CC)nn1C. The summed E-state index contributed by atoms with van der Waals surface area (Å²) in [7, 11) is 2.05. The normalized spacial score (nSPS) is 13.3. The molecule has 17 heavy (non-hydrogen) atoms. The van der Waals surface area contributed by atoms with Gasteiger partial charge in [-0.25, -0.2) is 0 Å². The van der Waals surface area contributed by atoms with Crippen molar-refractivity contribution in [2.45, 2.75) is 53.0 Å². The Hall–Kier alpha value is -0.830. The maximum absolute atomic E-state index is 4.54. The van der Waals surface area contributed by atoms with Crippen molar-refractivity contribution in [3.63, 3.8) is 0 Å². The van der Waals surface area contributed by atoms with Gasteiger partial charge in [0, 0.05) is 13.1 Å². The molecule has 3 nitrogen and oxygen atoms in total. The highest BCUT2D eigenvalue weighted by Gasteiger charge is 2.15. The predicted molar refractivity (Wildman–Crippen MR) is 73.1 cm³/mol. The van der Waals surface area contributed by atoms with E-state index in [1.165, 1.54) is 24.2 Å². The van der Waals surface area contributed by atoms with Gasteiger partial charge in [0.15, 0.2) is 0 Å². The molecule has 1 aromatic rings. The van der Waals surface area contributed by atoms with E-state index in [9.17, 15) is 0 Å². The molecule has 1 aromatic heterocycles. The molecule has 0 aliphatic heterocycles. The predicted octanol–water partition coefficient (Wildman–Crippen LogP) is 3.07. The molecule has 0 radical (unpaired) electrons. The van der Waals surface area contributed by atoms with Crippen molar-refractivity contribution >= 4 is 0 Å². The first-order valence-corrected chi connectivity index (χ1v) is 6.84. The van der Waals surface area contributed by atoms with Crippen LogP contribution in [0.15, 0.2) is 6.07 Å². The summed E-state index contributed by atoms with van der Waals surface area (Å²) in [5.41, 5.74) is 2.51. The van der Waals surface area contributed by atoms with Crippen LogP contribution in [0.4, 0.5) is 0 Å². The topological polar surface area (TPSA) is 29.9 Å². The molecule has 0 fully saturated rings. The minimum absolute atomic E-state index is 0.445. The minimum Gasteiger partial charge on any atom is -0.309 e. The molecule has 1 rings (SSSR count). The van der Waals surface area contributed by atoms with E-state index in [1.807, 2.05) is 11.7 Å². The third-order valence-electron chi connectivity index (χ3n) is 3.17. The Kier molecular flexibility index (Phi) is 5.69. The summed E-state index contributed by atoms with van der Waals surface area (Å²) in [6, 6.07) is 2.69. The smallest absolute Gasteiger partial charge is 0.0625 e. The van der Waals surface area contributed by atoms with E-state index in [1.54, 1.807) is 0 Å². The molecule has 0 saturated carbocycles. The van der Waals surface area contributed by atoms with E-state index >= 15 is 0 Å². The van der Waals surface area contributed by atoms with Crippen LogP contribution in [0.3, 0.4) is 0 Å². The molecule has 1 unspecified atom stereocenters. The first-order chi connectivity index (χ1) is 8.08. The molecule has 0 saturated heterocycles. The van der Waals surface area contributed by atoms with Gasteiger partial charge in [-0.2, -0.15) is 5.10 Å². The second kappa shape index (κ2) is 6.80. The molecule has 3 heteroatoms. The van der Waals surface area contributed by atoms with Gasteiger partial charge in [0.1, 0.15) is 0 Å². The quantitative estimate of drug-likeness (QED) is 0.790. The average molecular weight is 237 g/mol. The number of nitrogens with zero attached hydrogens (tertiary/aromatic N) is 2. The average Bonchev–Trinajstić information content (AvgIpc) is 2.65. The van der Waals surface area contributed by atoms with Crippen LogP contribution >= 0.6 is 0 Å². The van der Waals surface area contributed by atoms with Crippen LogP contribution < -0.4 is 5.32 Å². The van der Waals surface area contributed by atoms with Crippen LogP contribution in [-0.4, -0.2) is 16.3 Å². The maximum Gasteiger partial charge on any atom is 0.0625 e. The fourth-order valence-corrected chi connectivity index (χ4v) is 2.14. The van der Waals surface area contributed by atoms with Crippen LogP contribution in [0.5, 0.6) is 0 Å². The lowest BCUT2D eigenvalue weighted by Crippen LogP contribution is -2.23. The van der Waals surface area contributed by atoms with Crippen LogP contribution in [0.2, 0.25) is 0 Å². The molecule has 1 N–H and O–H groups in total. The van der Waals surface area contributed by atoms with Crippen molar-refractivity contribution in [3.05, 3.63) is 17.5 Å². The van der Waals surface area contributed by atoms with Crippen molar-refractivity contribution in [1.29, 1.82) is 0 Å². The number of hydrogen-bond donors (Lipinski definition) is 1. The Morgan fingerprint density at radius 2 is 2.00 bits per heavy atom. The van der Waals surface area contributed by atoms with E-state index in [0.717, 1.165) is 18.9 Å². The third kappa shape index (κ3) is 4.15. The highest BCUT2D eigenvalue weighted by Crippen LogP contribution is 2.21. The van der Waals surface area contributed by atoms with Crippen molar-refractivity contribution in [2.75, 3.05) is 6.54 Å². The molecule has 0 aliphatic rings. The Labute approximate surface area is 106 Å². The fraction of sp³-hybridized carbons (Fsp3) is 0.786. The Balaban J connectivity index is 2.76. The lowest BCUT2D eigenvalue weighted by molar-refractivity contribution is 0.428. The first kappa shape index (κ1) is 14.2. The summed E-state index contributed by atoms with van der Waals surface area (Å²) in [4.78, 5) is 0. The number of aryl methyl sites for hydroxylation is 2. The van der Waals surface area contributed by atoms with Crippen molar-refractivity contribution in [2.24, 2.45) is 13.0 Å². The van der Waals surface area contributed by atoms with Crippen LogP contribution in [0.25, 0.3) is 0 Å². The van der Waals surface area contributed by atoms with Gasteiger partial charge in [-0.15, -0.1) is 0 Å². The second-order valence-corrected chi connectivity index (χ2v) is 5.12.